The van der Waals surface area contributed by atoms with Gasteiger partial charge >= 0.3 is 186 Å². The number of allylic oxidation sites excluding steroid dienone is 5. The summed E-state index contributed by atoms with van der Waals surface area (Å²) in [7, 11) is 0. The fraction of sp³-hybridized carbons (Fsp3) is 0.308. The quantitative estimate of drug-likeness (QED) is 0.318. The molecule has 0 bridgehead atoms. The number of fused-ring (bicyclic) bond motifs is 1. The van der Waals surface area contributed by atoms with Crippen molar-refractivity contribution in [2.24, 2.45) is 5.92 Å². The van der Waals surface area contributed by atoms with Gasteiger partial charge in [0, 0.05) is 0 Å². The van der Waals surface area contributed by atoms with E-state index in [1.807, 2.05) is 18.2 Å². The van der Waals surface area contributed by atoms with Crippen LogP contribution in [-0.4, -0.2) is 6.88 Å². The molecule has 0 amide bonds. The summed E-state index contributed by atoms with van der Waals surface area (Å²) in [6, 6.07) is 9.49. The zero-order valence-electron chi connectivity index (χ0n) is 19.9. The molecule has 0 N–H and O–H groups in total. The van der Waals surface area contributed by atoms with Crippen LogP contribution >= 0.6 is 24.8 Å². The van der Waals surface area contributed by atoms with Crippen LogP contribution in [0.15, 0.2) is 62.5 Å². The molecule has 178 valence electrons. The minimum atomic E-state index is -3.67. The maximum absolute atomic E-state index is 14.8. The monoisotopic (exact) mass is 588 g/mol. The Morgan fingerprint density at radius 1 is 0.879 bits per heavy atom. The zero-order chi connectivity index (χ0) is 22.9. The van der Waals surface area contributed by atoms with Crippen molar-refractivity contribution in [2.75, 3.05) is 0 Å². The van der Waals surface area contributed by atoms with Crippen LogP contribution in [0, 0.1) is 23.4 Å². The van der Waals surface area contributed by atoms with Crippen molar-refractivity contribution < 1.29 is 30.6 Å². The Labute approximate surface area is 209 Å². The van der Waals surface area contributed by atoms with Crippen LogP contribution in [0.4, 0.5) is 13.2 Å². The first kappa shape index (κ1) is 28.4. The predicted octanol–water partition coefficient (Wildman–Crippen LogP) is 8.03. The van der Waals surface area contributed by atoms with Crippen LogP contribution < -0.4 is 0 Å². The maximum Gasteiger partial charge on any atom is -0.147 e. The average molecular weight is 591 g/mol. The summed E-state index contributed by atoms with van der Waals surface area (Å²) in [4.78, 5) is 0. The second-order valence-electron chi connectivity index (χ2n) is 10.3. The van der Waals surface area contributed by atoms with Gasteiger partial charge in [-0.3, -0.25) is 0 Å². The number of halogens is 5. The van der Waals surface area contributed by atoms with Gasteiger partial charge in [-0.2, -0.15) is 0 Å². The van der Waals surface area contributed by atoms with Gasteiger partial charge in [-0.1, -0.05) is 0 Å². The van der Waals surface area contributed by atoms with Gasteiger partial charge < -0.3 is 0 Å². The van der Waals surface area contributed by atoms with E-state index in [-0.39, 0.29) is 34.0 Å². The third-order valence-corrected chi connectivity index (χ3v) is 25.0. The van der Waals surface area contributed by atoms with Crippen molar-refractivity contribution in [3.8, 4) is 0 Å². The van der Waals surface area contributed by atoms with Crippen LogP contribution in [0.2, 0.25) is 9.26 Å². The Hall–Kier alpha value is -0.870. The van der Waals surface area contributed by atoms with Crippen LogP contribution in [0.5, 0.6) is 0 Å². The molecular formula is C26H31Cl2F3SiZr. The van der Waals surface area contributed by atoms with Crippen molar-refractivity contribution in [3.05, 3.63) is 96.6 Å². The van der Waals surface area contributed by atoms with E-state index in [1.165, 1.54) is 16.7 Å². The first-order valence-electron chi connectivity index (χ1n) is 10.8. The smallest absolute Gasteiger partial charge is 0.147 e. The molecule has 0 saturated carbocycles. The van der Waals surface area contributed by atoms with Crippen molar-refractivity contribution >= 4 is 37.3 Å². The number of benzene rings is 2. The molecule has 4 rings (SSSR count). The van der Waals surface area contributed by atoms with Gasteiger partial charge in [-0.15, -0.1) is 24.8 Å². The number of rotatable bonds is 3. The normalized spacial score (nSPS) is 20.4. The minimum absolute atomic E-state index is 0. The Bertz CT molecular complexity index is 1280. The standard InChI is InChI=1S/C15H8F3.C9H13.2CH3.2ClH.H2Si.Zr/c16-10-7-13(17)15(14(18)8-10)12-6-5-9-3-1-2-4-11(9)12;1-6-5-7(2)9(4)8(6)3;;;;;;/h1-8H;6H,1-4H3;2*1H3;2*1H;1H2;. The molecule has 0 radical (unpaired) electrons. The molecule has 2 aromatic carbocycles. The molecular weight excluding hydrogens is 559 g/mol. The van der Waals surface area contributed by atoms with Crippen molar-refractivity contribution in [2.45, 2.75) is 40.6 Å². The van der Waals surface area contributed by atoms with Gasteiger partial charge in [0.2, 0.25) is 0 Å². The molecule has 0 fully saturated rings. The zero-order valence-corrected chi connectivity index (χ0v) is 25.4. The fourth-order valence-electron chi connectivity index (χ4n) is 6.00. The van der Waals surface area contributed by atoms with Gasteiger partial charge in [0.25, 0.3) is 0 Å². The minimum Gasteiger partial charge on any atom is -0.147 e. The molecule has 0 aromatic heterocycles. The topological polar surface area (TPSA) is 0 Å². The second kappa shape index (κ2) is 9.30. The van der Waals surface area contributed by atoms with E-state index in [0.29, 0.717) is 11.5 Å². The SMILES string of the molecule is CC1=C(C)C(C)[C]([Zr]([CH3])([CH3])(=[SiH2])[CH]2C=C(c3c(F)cc(F)cc3F)c3ccccc32)=C1C.Cl.Cl. The summed E-state index contributed by atoms with van der Waals surface area (Å²) in [6.07, 6.45) is 2.08. The number of hydrogen-bond donors (Lipinski definition) is 0. The Balaban J connectivity index is 0.00000193. The Kier molecular flexibility index (Phi) is 7.99. The largest absolute Gasteiger partial charge is 0.147 e. The molecule has 2 aliphatic rings. The van der Waals surface area contributed by atoms with Crippen LogP contribution in [-0.2, 0) is 17.4 Å². The molecule has 7 heteroatoms. The molecule has 2 atom stereocenters. The summed E-state index contributed by atoms with van der Waals surface area (Å²) >= 11 is -3.67. The summed E-state index contributed by atoms with van der Waals surface area (Å²) in [5, 5.41) is 0. The Morgan fingerprint density at radius 2 is 1.42 bits per heavy atom. The molecule has 33 heavy (non-hydrogen) atoms. The summed E-state index contributed by atoms with van der Waals surface area (Å²) in [6.45, 7) is 11.1. The number of hydrogen-bond acceptors (Lipinski definition) is 0. The average Bonchev–Trinajstić information content (AvgIpc) is 3.14. The van der Waals surface area contributed by atoms with Crippen molar-refractivity contribution in [1.82, 2.24) is 0 Å². The van der Waals surface area contributed by atoms with Gasteiger partial charge in [-0.05, 0) is 0 Å². The van der Waals surface area contributed by atoms with E-state index in [1.54, 1.807) is 3.28 Å². The molecule has 2 aromatic rings. The van der Waals surface area contributed by atoms with E-state index < -0.39 is 34.9 Å². The predicted molar refractivity (Wildman–Crippen MR) is 138 cm³/mol. The van der Waals surface area contributed by atoms with E-state index in [4.69, 9.17) is 0 Å². The molecule has 0 nitrogen and oxygen atoms in total. The van der Waals surface area contributed by atoms with Gasteiger partial charge in [0.1, 0.15) is 0 Å². The third-order valence-electron chi connectivity index (χ3n) is 7.72. The summed E-state index contributed by atoms with van der Waals surface area (Å²) < 4.78 is 49.8. The second-order valence-corrected chi connectivity index (χ2v) is 39.8. The molecule has 2 unspecified atom stereocenters. The fourth-order valence-corrected chi connectivity index (χ4v) is 24.5. The molecule has 0 aliphatic heterocycles. The third kappa shape index (κ3) is 4.33. The summed E-state index contributed by atoms with van der Waals surface area (Å²) in [5.74, 6) is -2.20. The molecule has 2 aliphatic carbocycles. The van der Waals surface area contributed by atoms with Crippen LogP contribution in [0.1, 0.15) is 48.0 Å². The van der Waals surface area contributed by atoms with E-state index in [0.717, 1.165) is 23.3 Å². The first-order chi connectivity index (χ1) is 14.3. The molecule has 0 spiro atoms. The van der Waals surface area contributed by atoms with Crippen LogP contribution in [0.25, 0.3) is 5.57 Å². The maximum atomic E-state index is 14.8. The Morgan fingerprint density at radius 3 is 1.94 bits per heavy atom. The van der Waals surface area contributed by atoms with Crippen LogP contribution in [0.3, 0.4) is 0 Å². The van der Waals surface area contributed by atoms with Crippen molar-refractivity contribution in [1.29, 1.82) is 0 Å². The summed E-state index contributed by atoms with van der Waals surface area (Å²) in [5.41, 5.74) is 6.63. The van der Waals surface area contributed by atoms with Crippen molar-refractivity contribution in [3.63, 3.8) is 0 Å². The first-order valence-corrected chi connectivity index (χ1v) is 24.2. The van der Waals surface area contributed by atoms with E-state index in [2.05, 4.69) is 56.0 Å². The van der Waals surface area contributed by atoms with Gasteiger partial charge in [-0.25, -0.2) is 0 Å². The van der Waals surface area contributed by atoms with E-state index in [9.17, 15) is 13.2 Å². The molecule has 0 saturated heterocycles. The molecule has 0 heterocycles. The van der Waals surface area contributed by atoms with E-state index >= 15 is 0 Å². The van der Waals surface area contributed by atoms with Gasteiger partial charge in [0.05, 0.1) is 0 Å². The van der Waals surface area contributed by atoms with Gasteiger partial charge in [0.15, 0.2) is 0 Å².